The van der Waals surface area contributed by atoms with E-state index in [9.17, 15) is 4.79 Å². The summed E-state index contributed by atoms with van der Waals surface area (Å²) in [6, 6.07) is 1.38. The maximum atomic E-state index is 12.2. The highest BCUT2D eigenvalue weighted by molar-refractivity contribution is 5.79. The Balaban J connectivity index is 1.45. The normalized spacial score (nSPS) is 30.6. The first-order valence-electron chi connectivity index (χ1n) is 8.35. The number of nitrogens with one attached hydrogen (secondary N) is 1. The van der Waals surface area contributed by atoms with Gasteiger partial charge in [0.25, 0.3) is 0 Å². The molecule has 3 aliphatic rings. The average Bonchev–Trinajstić information content (AvgIpc) is 2.76. The van der Waals surface area contributed by atoms with Gasteiger partial charge in [-0.2, -0.15) is 0 Å². The van der Waals surface area contributed by atoms with Crippen LogP contribution in [0.5, 0.6) is 0 Å². The van der Waals surface area contributed by atoms with Gasteiger partial charge in [0.1, 0.15) is 0 Å². The first-order chi connectivity index (χ1) is 9.72. The fourth-order valence-corrected chi connectivity index (χ4v) is 3.98. The number of carbonyl (C=O) groups excluding carboxylic acids is 1. The third-order valence-corrected chi connectivity index (χ3v) is 5.09. The zero-order chi connectivity index (χ0) is 13.9. The first-order valence-corrected chi connectivity index (χ1v) is 8.35. The van der Waals surface area contributed by atoms with E-state index in [1.165, 1.54) is 38.5 Å². The van der Waals surface area contributed by atoms with Gasteiger partial charge >= 0.3 is 0 Å². The minimum absolute atomic E-state index is 0.362. The molecule has 3 fully saturated rings. The molecule has 114 valence electrons. The van der Waals surface area contributed by atoms with Crippen molar-refractivity contribution in [3.8, 4) is 0 Å². The minimum atomic E-state index is 0.362. The molecule has 2 atom stereocenters. The number of likely N-dealkylation sites (tertiary alicyclic amines) is 1. The van der Waals surface area contributed by atoms with Crippen molar-refractivity contribution in [1.29, 1.82) is 0 Å². The van der Waals surface area contributed by atoms with E-state index < -0.39 is 0 Å². The predicted molar refractivity (Wildman–Crippen MR) is 78.5 cm³/mol. The molecule has 0 bridgehead atoms. The van der Waals surface area contributed by atoms with Crippen molar-refractivity contribution in [3.63, 3.8) is 0 Å². The van der Waals surface area contributed by atoms with E-state index in [1.807, 2.05) is 0 Å². The Morgan fingerprint density at radius 1 is 1.30 bits per heavy atom. The summed E-state index contributed by atoms with van der Waals surface area (Å²) in [7, 11) is 0. The SMILES string of the molecule is CC(CC1COC1)NC1CC(=O)N(C2CCCCC2)C1. The molecule has 1 N–H and O–H groups in total. The molecule has 1 amide bonds. The predicted octanol–water partition coefficient (Wildman–Crippen LogP) is 1.93. The molecule has 3 rings (SSSR count). The molecule has 1 aliphatic carbocycles. The Hall–Kier alpha value is -0.610. The fraction of sp³-hybridized carbons (Fsp3) is 0.938. The molecule has 4 heteroatoms. The number of nitrogens with zero attached hydrogens (tertiary/aromatic N) is 1. The lowest BCUT2D eigenvalue weighted by Crippen LogP contribution is -2.43. The Kier molecular flexibility index (Phi) is 4.61. The fourth-order valence-electron chi connectivity index (χ4n) is 3.98. The summed E-state index contributed by atoms with van der Waals surface area (Å²) in [4.78, 5) is 14.4. The Bertz CT molecular complexity index is 337. The van der Waals surface area contributed by atoms with Crippen LogP contribution in [-0.2, 0) is 9.53 Å². The number of ether oxygens (including phenoxy) is 1. The second kappa shape index (κ2) is 6.44. The quantitative estimate of drug-likeness (QED) is 0.837. The molecule has 2 aliphatic heterocycles. The first kappa shape index (κ1) is 14.3. The molecule has 4 nitrogen and oxygen atoms in total. The summed E-state index contributed by atoms with van der Waals surface area (Å²) in [5, 5.41) is 3.66. The van der Waals surface area contributed by atoms with E-state index in [1.54, 1.807) is 0 Å². The van der Waals surface area contributed by atoms with Crippen LogP contribution >= 0.6 is 0 Å². The topological polar surface area (TPSA) is 41.6 Å². The number of amides is 1. The summed E-state index contributed by atoms with van der Waals surface area (Å²) in [5.41, 5.74) is 0. The number of hydrogen-bond donors (Lipinski definition) is 1. The second-order valence-corrected chi connectivity index (χ2v) is 6.95. The van der Waals surface area contributed by atoms with Gasteiger partial charge in [0, 0.05) is 37.0 Å². The van der Waals surface area contributed by atoms with Crippen LogP contribution in [0.3, 0.4) is 0 Å². The summed E-state index contributed by atoms with van der Waals surface area (Å²) in [5.74, 6) is 1.10. The van der Waals surface area contributed by atoms with Gasteiger partial charge in [-0.25, -0.2) is 0 Å². The largest absolute Gasteiger partial charge is 0.381 e. The van der Waals surface area contributed by atoms with Crippen LogP contribution in [0.25, 0.3) is 0 Å². The van der Waals surface area contributed by atoms with Gasteiger partial charge < -0.3 is 15.0 Å². The monoisotopic (exact) mass is 280 g/mol. The summed E-state index contributed by atoms with van der Waals surface area (Å²) in [6.45, 7) is 5.01. The molecule has 2 heterocycles. The third-order valence-electron chi connectivity index (χ3n) is 5.09. The highest BCUT2D eigenvalue weighted by Gasteiger charge is 2.35. The van der Waals surface area contributed by atoms with Gasteiger partial charge in [0.15, 0.2) is 0 Å². The van der Waals surface area contributed by atoms with Gasteiger partial charge in [-0.1, -0.05) is 19.3 Å². The Labute approximate surface area is 122 Å². The molecular weight excluding hydrogens is 252 g/mol. The van der Waals surface area contributed by atoms with Crippen molar-refractivity contribution in [1.82, 2.24) is 10.2 Å². The van der Waals surface area contributed by atoms with Crippen molar-refractivity contribution >= 4 is 5.91 Å². The van der Waals surface area contributed by atoms with Crippen LogP contribution in [0.1, 0.15) is 51.9 Å². The smallest absolute Gasteiger partial charge is 0.224 e. The number of carbonyl (C=O) groups is 1. The highest BCUT2D eigenvalue weighted by atomic mass is 16.5. The highest BCUT2D eigenvalue weighted by Crippen LogP contribution is 2.27. The molecule has 0 radical (unpaired) electrons. The summed E-state index contributed by atoms with van der Waals surface area (Å²) < 4.78 is 5.23. The van der Waals surface area contributed by atoms with E-state index in [-0.39, 0.29) is 0 Å². The minimum Gasteiger partial charge on any atom is -0.381 e. The van der Waals surface area contributed by atoms with Gasteiger partial charge in [-0.3, -0.25) is 4.79 Å². The van der Waals surface area contributed by atoms with E-state index in [4.69, 9.17) is 4.74 Å². The van der Waals surface area contributed by atoms with Crippen LogP contribution in [-0.4, -0.2) is 48.7 Å². The van der Waals surface area contributed by atoms with Gasteiger partial charge in [0.05, 0.1) is 13.2 Å². The molecule has 1 saturated carbocycles. The molecule has 0 spiro atoms. The van der Waals surface area contributed by atoms with Gasteiger partial charge in [-0.15, -0.1) is 0 Å². The lowest BCUT2D eigenvalue weighted by atomic mass is 9.94. The molecular formula is C16H28N2O2. The van der Waals surface area contributed by atoms with Crippen LogP contribution in [0.4, 0.5) is 0 Å². The summed E-state index contributed by atoms with van der Waals surface area (Å²) in [6.07, 6.45) is 8.24. The van der Waals surface area contributed by atoms with E-state index in [2.05, 4.69) is 17.1 Å². The molecule has 2 saturated heterocycles. The maximum absolute atomic E-state index is 12.2. The maximum Gasteiger partial charge on any atom is 0.224 e. The van der Waals surface area contributed by atoms with Crippen molar-refractivity contribution in [2.75, 3.05) is 19.8 Å². The van der Waals surface area contributed by atoms with Crippen LogP contribution in [0.15, 0.2) is 0 Å². The molecule has 20 heavy (non-hydrogen) atoms. The van der Waals surface area contributed by atoms with Crippen molar-refractivity contribution in [2.45, 2.75) is 70.0 Å². The number of hydrogen-bond acceptors (Lipinski definition) is 3. The van der Waals surface area contributed by atoms with Crippen LogP contribution < -0.4 is 5.32 Å². The second-order valence-electron chi connectivity index (χ2n) is 6.95. The number of rotatable bonds is 5. The molecule has 2 unspecified atom stereocenters. The van der Waals surface area contributed by atoms with E-state index in [0.717, 1.165) is 25.7 Å². The standard InChI is InChI=1S/C16H28N2O2/c1-12(7-13-10-20-11-13)17-14-8-16(19)18(9-14)15-5-3-2-4-6-15/h12-15,17H,2-11H2,1H3. The Morgan fingerprint density at radius 2 is 2.05 bits per heavy atom. The van der Waals surface area contributed by atoms with Crippen LogP contribution in [0.2, 0.25) is 0 Å². The average molecular weight is 280 g/mol. The van der Waals surface area contributed by atoms with E-state index >= 15 is 0 Å². The Morgan fingerprint density at radius 3 is 2.70 bits per heavy atom. The zero-order valence-corrected chi connectivity index (χ0v) is 12.6. The van der Waals surface area contributed by atoms with Crippen molar-refractivity contribution in [2.24, 2.45) is 5.92 Å². The van der Waals surface area contributed by atoms with Crippen LogP contribution in [0, 0.1) is 5.92 Å². The lowest BCUT2D eigenvalue weighted by molar-refractivity contribution is -0.130. The van der Waals surface area contributed by atoms with Crippen molar-refractivity contribution in [3.05, 3.63) is 0 Å². The molecule has 0 aromatic rings. The van der Waals surface area contributed by atoms with Gasteiger partial charge in [-0.05, 0) is 26.2 Å². The molecule has 0 aromatic carbocycles. The third kappa shape index (κ3) is 3.34. The molecule has 0 aromatic heterocycles. The lowest BCUT2D eigenvalue weighted by Gasteiger charge is -2.32. The van der Waals surface area contributed by atoms with Gasteiger partial charge in [0.2, 0.25) is 5.91 Å². The summed E-state index contributed by atoms with van der Waals surface area (Å²) >= 11 is 0. The van der Waals surface area contributed by atoms with E-state index in [0.29, 0.717) is 30.5 Å². The zero-order valence-electron chi connectivity index (χ0n) is 12.6. The van der Waals surface area contributed by atoms with Crippen molar-refractivity contribution < 1.29 is 9.53 Å².